The van der Waals surface area contributed by atoms with Gasteiger partial charge in [-0.15, -0.1) is 0 Å². The van der Waals surface area contributed by atoms with Crippen molar-refractivity contribution in [2.45, 2.75) is 58.6 Å². The molecule has 2 amide bonds. The van der Waals surface area contributed by atoms with Gasteiger partial charge in [0.15, 0.2) is 11.5 Å². The number of nitrogen functional groups attached to an aromatic ring is 1. The molecule has 4 N–H and O–H groups in total. The Kier molecular flexibility index (Phi) is 7.38. The van der Waals surface area contributed by atoms with Crippen LogP contribution in [0, 0.1) is 6.92 Å². The van der Waals surface area contributed by atoms with Crippen molar-refractivity contribution in [1.29, 1.82) is 0 Å². The van der Waals surface area contributed by atoms with Crippen molar-refractivity contribution in [3.8, 4) is 11.3 Å². The first-order valence-corrected chi connectivity index (χ1v) is 12.4. The number of nitrogens with one attached hydrogen (secondary N) is 1. The number of pyridine rings is 1. The van der Waals surface area contributed by atoms with Crippen molar-refractivity contribution in [2.75, 3.05) is 17.7 Å². The molecular weight excluding hydrogens is 488 g/mol. The van der Waals surface area contributed by atoms with Crippen LogP contribution in [0.1, 0.15) is 78.3 Å². The minimum Gasteiger partial charge on any atom is -0.476 e. The fourth-order valence-corrected chi connectivity index (χ4v) is 4.40. The van der Waals surface area contributed by atoms with Gasteiger partial charge in [0.1, 0.15) is 17.1 Å². The van der Waals surface area contributed by atoms with E-state index in [1.807, 2.05) is 13.0 Å². The van der Waals surface area contributed by atoms with Crippen molar-refractivity contribution >= 4 is 23.8 Å². The Morgan fingerprint density at radius 3 is 2.47 bits per heavy atom. The Bertz CT molecular complexity index is 1360. The number of hydrogen-bond acceptors (Lipinski definition) is 7. The normalized spacial score (nSPS) is 15.7. The molecule has 11 nitrogen and oxygen atoms in total. The molecular formula is C27H32N6O5. The van der Waals surface area contributed by atoms with Gasteiger partial charge in [0.25, 0.3) is 5.91 Å². The molecule has 0 saturated carbocycles. The van der Waals surface area contributed by atoms with E-state index in [-0.39, 0.29) is 23.1 Å². The molecule has 0 aliphatic carbocycles. The number of carboxylic acids is 1. The van der Waals surface area contributed by atoms with Crippen molar-refractivity contribution in [2.24, 2.45) is 0 Å². The highest BCUT2D eigenvalue weighted by molar-refractivity contribution is 6.04. The maximum Gasteiger partial charge on any atom is 0.410 e. The third-order valence-corrected chi connectivity index (χ3v) is 6.15. The molecule has 200 valence electrons. The number of carbonyl (C=O) groups excluding carboxylic acids is 2. The molecule has 0 bridgehead atoms. The summed E-state index contributed by atoms with van der Waals surface area (Å²) in [5, 5.41) is 12.7. The number of hydrogen-bond donors (Lipinski definition) is 3. The monoisotopic (exact) mass is 520 g/mol. The van der Waals surface area contributed by atoms with Crippen LogP contribution in [-0.2, 0) is 4.74 Å². The molecule has 3 aromatic rings. The van der Waals surface area contributed by atoms with Gasteiger partial charge in [-0.2, -0.15) is 0 Å². The number of nitrogens with two attached hydrogens (primary N) is 1. The summed E-state index contributed by atoms with van der Waals surface area (Å²) in [6.07, 6.45) is 3.30. The zero-order valence-electron chi connectivity index (χ0n) is 21.9. The number of rotatable bonds is 5. The third-order valence-electron chi connectivity index (χ3n) is 6.15. The third kappa shape index (κ3) is 5.77. The van der Waals surface area contributed by atoms with Crippen LogP contribution in [0.3, 0.4) is 0 Å². The molecule has 0 radical (unpaired) electrons. The molecule has 1 aromatic carbocycles. The number of benzene rings is 1. The number of aryl methyl sites for hydroxylation is 1. The van der Waals surface area contributed by atoms with E-state index in [9.17, 15) is 19.5 Å². The van der Waals surface area contributed by atoms with Gasteiger partial charge >= 0.3 is 12.1 Å². The summed E-state index contributed by atoms with van der Waals surface area (Å²) >= 11 is 0. The van der Waals surface area contributed by atoms with E-state index < -0.39 is 23.7 Å². The van der Waals surface area contributed by atoms with Gasteiger partial charge in [0.05, 0.1) is 6.04 Å². The number of anilines is 1. The quantitative estimate of drug-likeness (QED) is 0.419. The molecule has 2 aromatic heterocycles. The molecule has 1 unspecified atom stereocenters. The second-order valence-electron chi connectivity index (χ2n) is 10.3. The van der Waals surface area contributed by atoms with Crippen LogP contribution in [0.4, 0.5) is 10.6 Å². The molecule has 38 heavy (non-hydrogen) atoms. The lowest BCUT2D eigenvalue weighted by atomic mass is 10.0. The van der Waals surface area contributed by atoms with Crippen LogP contribution in [0.2, 0.25) is 0 Å². The van der Waals surface area contributed by atoms with Crippen LogP contribution in [0.5, 0.6) is 0 Å². The molecule has 0 spiro atoms. The van der Waals surface area contributed by atoms with Crippen molar-refractivity contribution in [3.05, 3.63) is 65.2 Å². The summed E-state index contributed by atoms with van der Waals surface area (Å²) in [4.78, 5) is 48.1. The number of amides is 2. The first-order valence-electron chi connectivity index (χ1n) is 12.4. The minimum atomic E-state index is -1.26. The molecule has 3 heterocycles. The van der Waals surface area contributed by atoms with Gasteiger partial charge in [-0.05, 0) is 76.8 Å². The second-order valence-corrected chi connectivity index (χ2v) is 10.3. The van der Waals surface area contributed by atoms with Crippen LogP contribution in [-0.4, -0.2) is 54.8 Å². The number of carbonyl (C=O) groups is 3. The molecule has 1 atom stereocenters. The summed E-state index contributed by atoms with van der Waals surface area (Å²) in [5.74, 6) is 5.34. The standard InChI is InChI=1S/C27H32N6O5/c1-16-12-13-29-20(15-16)30-24(34)18-10-8-17(9-11-18)21-22(25(35)36)33(28)23(31-21)19-7-5-6-14-32(19)26(37)38-27(2,3)4/h8-13,15,19H,5-7,14,28H2,1-4H3,(H,35,36)(H,29,30,34). The lowest BCUT2D eigenvalue weighted by Gasteiger charge is -2.36. The number of carboxylic acid groups (broad SMARTS) is 1. The average molecular weight is 521 g/mol. The highest BCUT2D eigenvalue weighted by Crippen LogP contribution is 2.34. The van der Waals surface area contributed by atoms with Crippen molar-refractivity contribution < 1.29 is 24.2 Å². The number of aromatic carboxylic acids is 1. The topological polar surface area (TPSA) is 153 Å². The van der Waals surface area contributed by atoms with Crippen LogP contribution in [0.25, 0.3) is 11.3 Å². The Labute approximate surface area is 220 Å². The lowest BCUT2D eigenvalue weighted by Crippen LogP contribution is -2.43. The fourth-order valence-electron chi connectivity index (χ4n) is 4.40. The van der Waals surface area contributed by atoms with E-state index in [2.05, 4.69) is 15.3 Å². The first-order chi connectivity index (χ1) is 17.9. The second kappa shape index (κ2) is 10.5. The van der Waals surface area contributed by atoms with Crippen molar-refractivity contribution in [3.63, 3.8) is 0 Å². The predicted molar refractivity (Wildman–Crippen MR) is 141 cm³/mol. The molecule has 11 heteroatoms. The van der Waals surface area contributed by atoms with Crippen LogP contribution in [0.15, 0.2) is 42.6 Å². The Hall–Kier alpha value is -4.41. The lowest BCUT2D eigenvalue weighted by molar-refractivity contribution is 0.00821. The number of ether oxygens (including phenoxy) is 1. The fraction of sp³-hybridized carbons (Fsp3) is 0.370. The number of likely N-dealkylation sites (tertiary alicyclic amines) is 1. The summed E-state index contributed by atoms with van der Waals surface area (Å²) in [6.45, 7) is 7.71. The molecule has 1 aliphatic heterocycles. The van der Waals surface area contributed by atoms with E-state index >= 15 is 0 Å². The van der Waals surface area contributed by atoms with Crippen LogP contribution >= 0.6 is 0 Å². The van der Waals surface area contributed by atoms with Gasteiger partial charge in [0, 0.05) is 23.9 Å². The molecule has 4 rings (SSSR count). The summed E-state index contributed by atoms with van der Waals surface area (Å²) in [7, 11) is 0. The number of nitrogens with zero attached hydrogens (tertiary/aromatic N) is 4. The number of piperidine rings is 1. The van der Waals surface area contributed by atoms with Gasteiger partial charge in [-0.25, -0.2) is 24.2 Å². The maximum atomic E-state index is 12.9. The first kappa shape index (κ1) is 26.6. The molecule has 1 fully saturated rings. The predicted octanol–water partition coefficient (Wildman–Crippen LogP) is 4.38. The van der Waals surface area contributed by atoms with E-state index in [1.54, 1.807) is 62.2 Å². The highest BCUT2D eigenvalue weighted by Gasteiger charge is 2.36. The number of imidazole rings is 1. The zero-order chi connectivity index (χ0) is 27.6. The Morgan fingerprint density at radius 1 is 1.13 bits per heavy atom. The summed E-state index contributed by atoms with van der Waals surface area (Å²) < 4.78 is 6.61. The maximum absolute atomic E-state index is 12.9. The number of aromatic nitrogens is 3. The van der Waals surface area contributed by atoms with Gasteiger partial charge < -0.3 is 21.0 Å². The van der Waals surface area contributed by atoms with Gasteiger partial charge in [-0.1, -0.05) is 12.1 Å². The SMILES string of the molecule is Cc1ccnc(NC(=O)c2ccc(-c3nc(C4CCCCN4C(=O)OC(C)(C)C)n(N)c3C(=O)O)cc2)c1. The highest BCUT2D eigenvalue weighted by atomic mass is 16.6. The van der Waals surface area contributed by atoms with Crippen LogP contribution < -0.4 is 11.2 Å². The molecule has 1 saturated heterocycles. The zero-order valence-corrected chi connectivity index (χ0v) is 21.9. The Balaban J connectivity index is 1.64. The Morgan fingerprint density at radius 2 is 1.84 bits per heavy atom. The average Bonchev–Trinajstić information content (AvgIpc) is 3.20. The van der Waals surface area contributed by atoms with E-state index in [0.717, 1.165) is 23.1 Å². The summed E-state index contributed by atoms with van der Waals surface area (Å²) in [5.41, 5.74) is 1.05. The van der Waals surface area contributed by atoms with E-state index in [1.165, 1.54) is 0 Å². The van der Waals surface area contributed by atoms with E-state index in [0.29, 0.717) is 29.9 Å². The van der Waals surface area contributed by atoms with Gasteiger partial charge in [0.2, 0.25) is 0 Å². The smallest absolute Gasteiger partial charge is 0.410 e. The van der Waals surface area contributed by atoms with E-state index in [4.69, 9.17) is 10.6 Å². The van der Waals surface area contributed by atoms with Crippen molar-refractivity contribution in [1.82, 2.24) is 19.5 Å². The molecule has 1 aliphatic rings. The van der Waals surface area contributed by atoms with Gasteiger partial charge in [-0.3, -0.25) is 9.69 Å². The minimum absolute atomic E-state index is 0.150. The summed E-state index contributed by atoms with van der Waals surface area (Å²) in [6, 6.07) is 9.43. The largest absolute Gasteiger partial charge is 0.476 e.